The summed E-state index contributed by atoms with van der Waals surface area (Å²) in [5.41, 5.74) is 8.34. The topological polar surface area (TPSA) is 29.3 Å². The number of benzene rings is 1. The van der Waals surface area contributed by atoms with Crippen molar-refractivity contribution in [2.75, 3.05) is 17.2 Å². The maximum Gasteiger partial charge on any atom is 0.0603 e. The van der Waals surface area contributed by atoms with E-state index >= 15 is 0 Å². The Morgan fingerprint density at radius 1 is 1.32 bits per heavy atom. The van der Waals surface area contributed by atoms with Crippen molar-refractivity contribution in [2.24, 2.45) is 5.92 Å². The highest BCUT2D eigenvalue weighted by atomic mass is 79.9. The maximum absolute atomic E-state index is 6.22. The third-order valence-electron chi connectivity index (χ3n) is 4.01. The van der Waals surface area contributed by atoms with Crippen LogP contribution in [0, 0.1) is 5.92 Å². The van der Waals surface area contributed by atoms with Gasteiger partial charge >= 0.3 is 0 Å². The summed E-state index contributed by atoms with van der Waals surface area (Å²) in [6, 6.07) is 6.97. The standard InChI is InChI=1S/C16H25BrN2/c1-12(2)9-10-19(14-5-3-4-6-14)16-8-7-13(17)11-15(16)18/h7-8,11-12,14H,3-6,9-10,18H2,1-2H3. The molecular weight excluding hydrogens is 300 g/mol. The van der Waals surface area contributed by atoms with Gasteiger partial charge in [0.15, 0.2) is 0 Å². The summed E-state index contributed by atoms with van der Waals surface area (Å²) >= 11 is 3.49. The average molecular weight is 325 g/mol. The molecule has 1 aliphatic carbocycles. The fraction of sp³-hybridized carbons (Fsp3) is 0.625. The minimum atomic E-state index is 0.683. The molecule has 0 heterocycles. The SMILES string of the molecule is CC(C)CCN(c1ccc(Br)cc1N)C1CCCC1. The van der Waals surface area contributed by atoms with Gasteiger partial charge in [0.1, 0.15) is 0 Å². The molecule has 0 radical (unpaired) electrons. The van der Waals surface area contributed by atoms with Crippen LogP contribution in [0.1, 0.15) is 46.0 Å². The van der Waals surface area contributed by atoms with Crippen LogP contribution in [-0.2, 0) is 0 Å². The van der Waals surface area contributed by atoms with Crippen LogP contribution in [0.5, 0.6) is 0 Å². The maximum atomic E-state index is 6.22. The Labute approximate surface area is 125 Å². The summed E-state index contributed by atoms with van der Waals surface area (Å²) in [6.45, 7) is 5.70. The molecule has 0 amide bonds. The zero-order chi connectivity index (χ0) is 13.8. The zero-order valence-electron chi connectivity index (χ0n) is 12.0. The predicted molar refractivity (Wildman–Crippen MR) is 87.6 cm³/mol. The van der Waals surface area contributed by atoms with Crippen LogP contribution >= 0.6 is 15.9 Å². The molecule has 1 aliphatic rings. The van der Waals surface area contributed by atoms with Crippen LogP contribution in [0.25, 0.3) is 0 Å². The second kappa shape index (κ2) is 6.65. The van der Waals surface area contributed by atoms with Crippen LogP contribution in [0.3, 0.4) is 0 Å². The highest BCUT2D eigenvalue weighted by molar-refractivity contribution is 9.10. The van der Waals surface area contributed by atoms with Crippen LogP contribution in [0.15, 0.2) is 22.7 Å². The van der Waals surface area contributed by atoms with E-state index in [9.17, 15) is 0 Å². The van der Waals surface area contributed by atoms with E-state index in [1.807, 2.05) is 6.07 Å². The lowest BCUT2D eigenvalue weighted by Crippen LogP contribution is -2.35. The Kier molecular flexibility index (Phi) is 5.14. The van der Waals surface area contributed by atoms with Gasteiger partial charge in [-0.1, -0.05) is 42.6 Å². The molecule has 0 aliphatic heterocycles. The van der Waals surface area contributed by atoms with Gasteiger partial charge in [-0.25, -0.2) is 0 Å². The number of hydrogen-bond donors (Lipinski definition) is 1. The van der Waals surface area contributed by atoms with Crippen molar-refractivity contribution >= 4 is 27.3 Å². The summed E-state index contributed by atoms with van der Waals surface area (Å²) in [4.78, 5) is 2.55. The quantitative estimate of drug-likeness (QED) is 0.786. The van der Waals surface area contributed by atoms with E-state index in [1.165, 1.54) is 37.8 Å². The number of rotatable bonds is 5. The molecule has 0 saturated heterocycles. The lowest BCUT2D eigenvalue weighted by Gasteiger charge is -2.33. The van der Waals surface area contributed by atoms with Crippen molar-refractivity contribution in [2.45, 2.75) is 52.0 Å². The van der Waals surface area contributed by atoms with E-state index in [4.69, 9.17) is 5.73 Å². The van der Waals surface area contributed by atoms with Crippen molar-refractivity contribution in [1.29, 1.82) is 0 Å². The fourth-order valence-corrected chi connectivity index (χ4v) is 3.28. The van der Waals surface area contributed by atoms with Crippen molar-refractivity contribution in [3.8, 4) is 0 Å². The van der Waals surface area contributed by atoms with Crippen LogP contribution in [0.4, 0.5) is 11.4 Å². The van der Waals surface area contributed by atoms with Gasteiger partial charge in [0.25, 0.3) is 0 Å². The van der Waals surface area contributed by atoms with Crippen molar-refractivity contribution in [3.05, 3.63) is 22.7 Å². The molecular formula is C16H25BrN2. The lowest BCUT2D eigenvalue weighted by molar-refractivity contribution is 0.529. The number of hydrogen-bond acceptors (Lipinski definition) is 2. The van der Waals surface area contributed by atoms with E-state index in [-0.39, 0.29) is 0 Å². The van der Waals surface area contributed by atoms with E-state index in [1.54, 1.807) is 0 Å². The first-order valence-corrected chi connectivity index (χ1v) is 8.19. The van der Waals surface area contributed by atoms with Gasteiger partial charge in [0.05, 0.1) is 11.4 Å². The van der Waals surface area contributed by atoms with Crippen LogP contribution < -0.4 is 10.6 Å². The van der Waals surface area contributed by atoms with Crippen molar-refractivity contribution in [1.82, 2.24) is 0 Å². The number of halogens is 1. The largest absolute Gasteiger partial charge is 0.397 e. The highest BCUT2D eigenvalue weighted by Gasteiger charge is 2.24. The monoisotopic (exact) mass is 324 g/mol. The normalized spacial score (nSPS) is 16.2. The minimum Gasteiger partial charge on any atom is -0.397 e. The summed E-state index contributed by atoms with van der Waals surface area (Å²) in [6.07, 6.45) is 6.58. The first-order valence-electron chi connectivity index (χ1n) is 7.39. The molecule has 1 saturated carbocycles. The van der Waals surface area contributed by atoms with E-state index in [0.717, 1.165) is 22.6 Å². The Hall–Kier alpha value is -0.700. The fourth-order valence-electron chi connectivity index (χ4n) is 2.90. The van der Waals surface area contributed by atoms with Gasteiger partial charge in [-0.2, -0.15) is 0 Å². The second-order valence-electron chi connectivity index (χ2n) is 6.02. The van der Waals surface area contributed by atoms with Gasteiger partial charge in [0.2, 0.25) is 0 Å². The molecule has 1 fully saturated rings. The first kappa shape index (κ1) is 14.7. The van der Waals surface area contributed by atoms with Gasteiger partial charge < -0.3 is 10.6 Å². The van der Waals surface area contributed by atoms with E-state index < -0.39 is 0 Å². The molecule has 0 aromatic heterocycles. The zero-order valence-corrected chi connectivity index (χ0v) is 13.6. The number of nitrogens with two attached hydrogens (primary N) is 1. The molecule has 3 heteroatoms. The Morgan fingerprint density at radius 3 is 2.58 bits per heavy atom. The van der Waals surface area contributed by atoms with Gasteiger partial charge in [-0.15, -0.1) is 0 Å². The molecule has 19 heavy (non-hydrogen) atoms. The highest BCUT2D eigenvalue weighted by Crippen LogP contribution is 2.33. The first-order chi connectivity index (χ1) is 9.08. The average Bonchev–Trinajstić information content (AvgIpc) is 2.85. The van der Waals surface area contributed by atoms with Gasteiger partial charge in [-0.3, -0.25) is 0 Å². The molecule has 2 N–H and O–H groups in total. The Bertz CT molecular complexity index is 411. The van der Waals surface area contributed by atoms with Crippen molar-refractivity contribution in [3.63, 3.8) is 0 Å². The third kappa shape index (κ3) is 3.88. The molecule has 0 atom stereocenters. The molecule has 0 unspecified atom stereocenters. The van der Waals surface area contributed by atoms with Gasteiger partial charge in [0, 0.05) is 17.1 Å². The summed E-state index contributed by atoms with van der Waals surface area (Å²) < 4.78 is 1.06. The molecule has 0 bridgehead atoms. The summed E-state index contributed by atoms with van der Waals surface area (Å²) in [5, 5.41) is 0. The number of nitrogens with zero attached hydrogens (tertiary/aromatic N) is 1. The van der Waals surface area contributed by atoms with E-state index in [0.29, 0.717) is 6.04 Å². The molecule has 1 aromatic carbocycles. The van der Waals surface area contributed by atoms with Crippen molar-refractivity contribution < 1.29 is 0 Å². The third-order valence-corrected chi connectivity index (χ3v) is 4.51. The molecule has 106 valence electrons. The predicted octanol–water partition coefficient (Wildman–Crippen LogP) is 4.83. The minimum absolute atomic E-state index is 0.683. The lowest BCUT2D eigenvalue weighted by atomic mass is 10.1. The Morgan fingerprint density at radius 2 is 2.00 bits per heavy atom. The summed E-state index contributed by atoms with van der Waals surface area (Å²) in [7, 11) is 0. The van der Waals surface area contributed by atoms with Crippen LogP contribution in [-0.4, -0.2) is 12.6 Å². The second-order valence-corrected chi connectivity index (χ2v) is 6.93. The smallest absolute Gasteiger partial charge is 0.0603 e. The molecule has 0 spiro atoms. The number of anilines is 2. The number of nitrogen functional groups attached to an aromatic ring is 1. The Balaban J connectivity index is 2.19. The van der Waals surface area contributed by atoms with Crippen LogP contribution in [0.2, 0.25) is 0 Å². The molecule has 1 aromatic rings. The van der Waals surface area contributed by atoms with E-state index in [2.05, 4.69) is 46.8 Å². The molecule has 2 nitrogen and oxygen atoms in total. The van der Waals surface area contributed by atoms with Gasteiger partial charge in [-0.05, 0) is 43.4 Å². The summed E-state index contributed by atoms with van der Waals surface area (Å²) in [5.74, 6) is 0.737. The molecule has 2 rings (SSSR count).